The van der Waals surface area contributed by atoms with E-state index in [2.05, 4.69) is 4.98 Å². The Morgan fingerprint density at radius 1 is 1.33 bits per heavy atom. The van der Waals surface area contributed by atoms with E-state index in [9.17, 15) is 9.18 Å². The molecule has 1 aliphatic rings. The van der Waals surface area contributed by atoms with Gasteiger partial charge in [-0.15, -0.1) is 0 Å². The van der Waals surface area contributed by atoms with Crippen LogP contribution in [0, 0.1) is 5.82 Å². The highest BCUT2D eigenvalue weighted by atomic mass is 19.1. The fraction of sp³-hybridized carbons (Fsp3) is 0.571. The van der Waals surface area contributed by atoms with Crippen molar-refractivity contribution < 1.29 is 13.9 Å². The molecular formula is C14H21FN4O2. The van der Waals surface area contributed by atoms with Gasteiger partial charge in [-0.3, -0.25) is 0 Å². The first-order chi connectivity index (χ1) is 9.76. The smallest absolute Gasteiger partial charge is 0.410 e. The summed E-state index contributed by atoms with van der Waals surface area (Å²) in [5.41, 5.74) is 5.13. The standard InChI is InChI=1S/C14H21FN4O2/c1-14(2,3)21-13(20)19-6-4-18(5-7-19)12-8-11(16)10(15)9-17-12/h8-9H,4-7H2,1-3H3,(H2,16,17). The van der Waals surface area contributed by atoms with Gasteiger partial charge in [-0.1, -0.05) is 0 Å². The molecule has 0 aromatic carbocycles. The quantitative estimate of drug-likeness (QED) is 0.856. The average molecular weight is 296 g/mol. The summed E-state index contributed by atoms with van der Waals surface area (Å²) in [5, 5.41) is 0. The van der Waals surface area contributed by atoms with Gasteiger partial charge in [0.1, 0.15) is 11.4 Å². The predicted molar refractivity (Wildman–Crippen MR) is 78.6 cm³/mol. The van der Waals surface area contributed by atoms with E-state index < -0.39 is 11.4 Å². The third-order valence-electron chi connectivity index (χ3n) is 3.13. The van der Waals surface area contributed by atoms with Gasteiger partial charge >= 0.3 is 6.09 Å². The second-order valence-corrected chi connectivity index (χ2v) is 6.02. The molecule has 0 saturated carbocycles. The van der Waals surface area contributed by atoms with Gasteiger partial charge in [0.15, 0.2) is 5.82 Å². The minimum absolute atomic E-state index is 0.0783. The SMILES string of the molecule is CC(C)(C)OC(=O)N1CCN(c2cc(N)c(F)cn2)CC1. The van der Waals surface area contributed by atoms with Crippen LogP contribution in [0.25, 0.3) is 0 Å². The highest BCUT2D eigenvalue weighted by molar-refractivity contribution is 5.68. The molecule has 0 atom stereocenters. The number of nitrogens with two attached hydrogens (primary N) is 1. The van der Waals surface area contributed by atoms with Gasteiger partial charge in [0.2, 0.25) is 0 Å². The minimum Gasteiger partial charge on any atom is -0.444 e. The summed E-state index contributed by atoms with van der Waals surface area (Å²) in [6.45, 7) is 7.81. The van der Waals surface area contributed by atoms with Crippen molar-refractivity contribution in [2.45, 2.75) is 26.4 Å². The molecule has 7 heteroatoms. The molecule has 0 bridgehead atoms. The summed E-state index contributed by atoms with van der Waals surface area (Å²) < 4.78 is 18.5. The Morgan fingerprint density at radius 2 is 1.95 bits per heavy atom. The summed E-state index contributed by atoms with van der Waals surface area (Å²) in [6, 6.07) is 1.51. The second kappa shape index (κ2) is 5.75. The number of halogens is 1. The van der Waals surface area contributed by atoms with Crippen LogP contribution in [0.4, 0.5) is 20.7 Å². The van der Waals surface area contributed by atoms with Gasteiger partial charge in [-0.2, -0.15) is 0 Å². The average Bonchev–Trinajstić information content (AvgIpc) is 2.40. The van der Waals surface area contributed by atoms with E-state index in [1.165, 1.54) is 6.07 Å². The Balaban J connectivity index is 1.94. The maximum atomic E-state index is 13.1. The molecule has 1 saturated heterocycles. The maximum Gasteiger partial charge on any atom is 0.410 e. The predicted octanol–water partition coefficient (Wildman–Crippen LogP) is 1.86. The highest BCUT2D eigenvalue weighted by Crippen LogP contribution is 2.19. The summed E-state index contributed by atoms with van der Waals surface area (Å²) in [7, 11) is 0. The maximum absolute atomic E-state index is 13.1. The Morgan fingerprint density at radius 3 is 2.48 bits per heavy atom. The number of amides is 1. The van der Waals surface area contributed by atoms with Gasteiger partial charge < -0.3 is 20.3 Å². The molecule has 1 aromatic heterocycles. The van der Waals surface area contributed by atoms with E-state index in [1.54, 1.807) is 4.90 Å². The van der Waals surface area contributed by atoms with Gasteiger partial charge in [-0.05, 0) is 20.8 Å². The van der Waals surface area contributed by atoms with Gasteiger partial charge in [0.25, 0.3) is 0 Å². The van der Waals surface area contributed by atoms with Crippen LogP contribution in [0.15, 0.2) is 12.3 Å². The lowest BCUT2D eigenvalue weighted by atomic mass is 10.2. The molecule has 0 aliphatic carbocycles. The molecule has 1 aliphatic heterocycles. The fourth-order valence-corrected chi connectivity index (χ4v) is 2.06. The van der Waals surface area contributed by atoms with E-state index in [1.807, 2.05) is 25.7 Å². The third-order valence-corrected chi connectivity index (χ3v) is 3.13. The van der Waals surface area contributed by atoms with Crippen molar-refractivity contribution in [2.24, 2.45) is 0 Å². The molecule has 0 spiro atoms. The summed E-state index contributed by atoms with van der Waals surface area (Å²) in [6.07, 6.45) is 0.805. The number of aromatic nitrogens is 1. The summed E-state index contributed by atoms with van der Waals surface area (Å²) in [5.74, 6) is 0.101. The number of ether oxygens (including phenoxy) is 1. The number of hydrogen-bond donors (Lipinski definition) is 1. The number of pyridine rings is 1. The first-order valence-corrected chi connectivity index (χ1v) is 6.90. The van der Waals surface area contributed by atoms with Crippen LogP contribution in [0.1, 0.15) is 20.8 Å². The van der Waals surface area contributed by atoms with Crippen LogP contribution in [0.2, 0.25) is 0 Å². The van der Waals surface area contributed by atoms with Gasteiger partial charge in [0.05, 0.1) is 11.9 Å². The zero-order chi connectivity index (χ0) is 15.6. The monoisotopic (exact) mass is 296 g/mol. The van der Waals surface area contributed by atoms with Crippen LogP contribution in [-0.2, 0) is 4.74 Å². The fourth-order valence-electron chi connectivity index (χ4n) is 2.06. The Labute approximate surface area is 123 Å². The first kappa shape index (κ1) is 15.3. The molecular weight excluding hydrogens is 275 g/mol. The van der Waals surface area contributed by atoms with E-state index in [-0.39, 0.29) is 11.8 Å². The van der Waals surface area contributed by atoms with Crippen molar-refractivity contribution in [1.29, 1.82) is 0 Å². The van der Waals surface area contributed by atoms with Crippen molar-refractivity contribution in [3.8, 4) is 0 Å². The van der Waals surface area contributed by atoms with Gasteiger partial charge in [-0.25, -0.2) is 14.2 Å². The van der Waals surface area contributed by atoms with Crippen molar-refractivity contribution in [2.75, 3.05) is 36.8 Å². The largest absolute Gasteiger partial charge is 0.444 e. The molecule has 2 rings (SSSR count). The van der Waals surface area contributed by atoms with E-state index in [0.29, 0.717) is 32.0 Å². The van der Waals surface area contributed by atoms with Crippen molar-refractivity contribution in [3.63, 3.8) is 0 Å². The molecule has 2 N–H and O–H groups in total. The number of hydrogen-bond acceptors (Lipinski definition) is 5. The Bertz CT molecular complexity index is 522. The molecule has 0 unspecified atom stereocenters. The third kappa shape index (κ3) is 3.96. The van der Waals surface area contributed by atoms with E-state index in [4.69, 9.17) is 10.5 Å². The molecule has 0 radical (unpaired) electrons. The van der Waals surface area contributed by atoms with E-state index >= 15 is 0 Å². The molecule has 1 aromatic rings. The van der Waals surface area contributed by atoms with Crippen LogP contribution in [0.3, 0.4) is 0 Å². The van der Waals surface area contributed by atoms with Crippen LogP contribution in [0.5, 0.6) is 0 Å². The number of nitrogens with zero attached hydrogens (tertiary/aromatic N) is 3. The molecule has 1 amide bonds. The second-order valence-electron chi connectivity index (χ2n) is 6.02. The molecule has 21 heavy (non-hydrogen) atoms. The Hall–Kier alpha value is -2.05. The van der Waals surface area contributed by atoms with Crippen molar-refractivity contribution in [3.05, 3.63) is 18.1 Å². The molecule has 1 fully saturated rings. The lowest BCUT2D eigenvalue weighted by Gasteiger charge is -2.36. The van der Waals surface area contributed by atoms with Crippen molar-refractivity contribution >= 4 is 17.6 Å². The minimum atomic E-state index is -0.522. The number of piperazine rings is 1. The van der Waals surface area contributed by atoms with Gasteiger partial charge in [0, 0.05) is 32.2 Å². The van der Waals surface area contributed by atoms with Crippen LogP contribution < -0.4 is 10.6 Å². The molecule has 6 nitrogen and oxygen atoms in total. The summed E-state index contributed by atoms with van der Waals surface area (Å²) in [4.78, 5) is 19.6. The zero-order valence-corrected chi connectivity index (χ0v) is 12.6. The topological polar surface area (TPSA) is 71.7 Å². The highest BCUT2D eigenvalue weighted by Gasteiger charge is 2.26. The molecule has 116 valence electrons. The lowest BCUT2D eigenvalue weighted by molar-refractivity contribution is 0.0240. The molecule has 2 heterocycles. The normalized spacial score (nSPS) is 16.0. The van der Waals surface area contributed by atoms with Crippen molar-refractivity contribution in [1.82, 2.24) is 9.88 Å². The number of nitrogen functional groups attached to an aromatic ring is 1. The number of carbonyl (C=O) groups is 1. The van der Waals surface area contributed by atoms with E-state index in [0.717, 1.165) is 6.20 Å². The van der Waals surface area contributed by atoms with Crippen LogP contribution >= 0.6 is 0 Å². The number of carbonyl (C=O) groups excluding carboxylic acids is 1. The summed E-state index contributed by atoms with van der Waals surface area (Å²) >= 11 is 0. The first-order valence-electron chi connectivity index (χ1n) is 6.90. The number of anilines is 2. The number of rotatable bonds is 1. The zero-order valence-electron chi connectivity index (χ0n) is 12.6. The Kier molecular flexibility index (Phi) is 4.20. The van der Waals surface area contributed by atoms with Crippen LogP contribution in [-0.4, -0.2) is 47.8 Å². The lowest BCUT2D eigenvalue weighted by Crippen LogP contribution is -2.50.